The first-order valence-corrected chi connectivity index (χ1v) is 8.74. The monoisotopic (exact) mass is 367 g/mol. The van der Waals surface area contributed by atoms with E-state index in [-0.39, 0.29) is 6.61 Å². The zero-order valence-corrected chi connectivity index (χ0v) is 15.4. The molecular formula is C16H21N3O5S. The minimum Gasteiger partial charge on any atom is -0.451 e. The first-order valence-electron chi connectivity index (χ1n) is 7.92. The van der Waals surface area contributed by atoms with Gasteiger partial charge in [0.2, 0.25) is 0 Å². The molecule has 0 radical (unpaired) electrons. The maximum Gasteiger partial charge on any atom is 0.413 e. The Hall–Kier alpha value is -2.42. The standard InChI is InChI=1S/C16H21N3O5S/c1-5-23-16(22)17-13(20)8-24-15(21)12-6-11-10(4)18-19(7-9(2)3)14(11)25-12/h6,9H,5,7-8H2,1-4H3,(H,17,20,22). The summed E-state index contributed by atoms with van der Waals surface area (Å²) in [6.45, 7) is 8.03. The molecule has 2 aromatic rings. The Morgan fingerprint density at radius 2 is 2.04 bits per heavy atom. The number of nitrogens with zero attached hydrogens (tertiary/aromatic N) is 2. The molecule has 9 heteroatoms. The lowest BCUT2D eigenvalue weighted by Gasteiger charge is -2.05. The third-order valence-corrected chi connectivity index (χ3v) is 4.33. The Bertz CT molecular complexity index is 793. The van der Waals surface area contributed by atoms with Gasteiger partial charge in [-0.1, -0.05) is 13.8 Å². The van der Waals surface area contributed by atoms with Crippen LogP contribution in [0.4, 0.5) is 4.79 Å². The van der Waals surface area contributed by atoms with E-state index in [2.05, 4.69) is 23.7 Å². The molecule has 0 unspecified atom stereocenters. The summed E-state index contributed by atoms with van der Waals surface area (Å²) in [6.07, 6.45) is -0.866. The molecule has 25 heavy (non-hydrogen) atoms. The molecule has 0 spiro atoms. The number of nitrogens with one attached hydrogen (secondary N) is 1. The summed E-state index contributed by atoms with van der Waals surface area (Å²) in [4.78, 5) is 36.0. The molecule has 0 bridgehead atoms. The molecule has 2 rings (SSSR count). The molecule has 2 amide bonds. The Balaban J connectivity index is 2.02. The molecule has 1 N–H and O–H groups in total. The van der Waals surface area contributed by atoms with Crippen molar-refractivity contribution < 1.29 is 23.9 Å². The van der Waals surface area contributed by atoms with Crippen LogP contribution in [-0.4, -0.2) is 41.0 Å². The maximum atomic E-state index is 12.1. The number of thiophene rings is 1. The van der Waals surface area contributed by atoms with Gasteiger partial charge < -0.3 is 9.47 Å². The highest BCUT2D eigenvalue weighted by Crippen LogP contribution is 2.29. The zero-order valence-electron chi connectivity index (χ0n) is 14.6. The number of imide groups is 1. The molecule has 0 aliphatic rings. The number of hydrogen-bond donors (Lipinski definition) is 1. The van der Waals surface area contributed by atoms with Crippen molar-refractivity contribution in [3.05, 3.63) is 16.6 Å². The van der Waals surface area contributed by atoms with E-state index >= 15 is 0 Å². The van der Waals surface area contributed by atoms with Crippen LogP contribution < -0.4 is 5.32 Å². The number of aromatic nitrogens is 2. The summed E-state index contributed by atoms with van der Waals surface area (Å²) in [5.41, 5.74) is 0.839. The predicted octanol–water partition coefficient (Wildman–Crippen LogP) is 2.49. The van der Waals surface area contributed by atoms with Crippen molar-refractivity contribution in [1.29, 1.82) is 0 Å². The number of rotatable bonds is 6. The molecule has 0 saturated carbocycles. The predicted molar refractivity (Wildman–Crippen MR) is 92.6 cm³/mol. The van der Waals surface area contributed by atoms with Crippen molar-refractivity contribution in [3.8, 4) is 0 Å². The summed E-state index contributed by atoms with van der Waals surface area (Å²) in [5.74, 6) is -0.933. The summed E-state index contributed by atoms with van der Waals surface area (Å²) < 4.78 is 11.4. The second-order valence-electron chi connectivity index (χ2n) is 5.84. The lowest BCUT2D eigenvalue weighted by Crippen LogP contribution is -2.34. The number of carbonyl (C=O) groups is 3. The fourth-order valence-electron chi connectivity index (χ4n) is 2.20. The van der Waals surface area contributed by atoms with Gasteiger partial charge in [0, 0.05) is 11.9 Å². The van der Waals surface area contributed by atoms with Gasteiger partial charge in [-0.3, -0.25) is 14.8 Å². The van der Waals surface area contributed by atoms with E-state index in [0.29, 0.717) is 10.8 Å². The van der Waals surface area contributed by atoms with Crippen LogP contribution in [0.15, 0.2) is 6.07 Å². The molecule has 8 nitrogen and oxygen atoms in total. The van der Waals surface area contributed by atoms with Crippen molar-refractivity contribution in [2.75, 3.05) is 13.2 Å². The Kier molecular flexibility index (Phi) is 6.13. The van der Waals surface area contributed by atoms with E-state index in [1.165, 1.54) is 11.3 Å². The minimum absolute atomic E-state index is 0.146. The minimum atomic E-state index is -0.866. The largest absolute Gasteiger partial charge is 0.451 e. The number of amides is 2. The van der Waals surface area contributed by atoms with E-state index < -0.39 is 24.6 Å². The number of fused-ring (bicyclic) bond motifs is 1. The molecule has 0 aromatic carbocycles. The van der Waals surface area contributed by atoms with E-state index in [9.17, 15) is 14.4 Å². The van der Waals surface area contributed by atoms with Gasteiger partial charge in [-0.2, -0.15) is 5.10 Å². The van der Waals surface area contributed by atoms with E-state index in [4.69, 9.17) is 4.74 Å². The molecule has 2 heterocycles. The van der Waals surface area contributed by atoms with Gasteiger partial charge in [0.1, 0.15) is 9.71 Å². The third kappa shape index (κ3) is 4.79. The lowest BCUT2D eigenvalue weighted by atomic mass is 10.2. The van der Waals surface area contributed by atoms with Crippen LogP contribution in [-0.2, 0) is 20.8 Å². The lowest BCUT2D eigenvalue weighted by molar-refractivity contribution is -0.123. The molecule has 0 atom stereocenters. The summed E-state index contributed by atoms with van der Waals surface area (Å²) in [5, 5.41) is 7.33. The highest BCUT2D eigenvalue weighted by Gasteiger charge is 2.19. The number of carbonyl (C=O) groups excluding carboxylic acids is 3. The first-order chi connectivity index (χ1) is 11.8. The molecule has 0 saturated heterocycles. The van der Waals surface area contributed by atoms with Crippen molar-refractivity contribution >= 4 is 39.5 Å². The first kappa shape index (κ1) is 18.9. The van der Waals surface area contributed by atoms with Crippen LogP contribution in [0, 0.1) is 12.8 Å². The molecule has 136 valence electrons. The summed E-state index contributed by atoms with van der Waals surface area (Å²) in [6, 6.07) is 1.71. The normalized spacial score (nSPS) is 10.9. The smallest absolute Gasteiger partial charge is 0.413 e. The number of aryl methyl sites for hydroxylation is 1. The van der Waals surface area contributed by atoms with Gasteiger partial charge in [-0.25, -0.2) is 9.59 Å². The maximum absolute atomic E-state index is 12.1. The summed E-state index contributed by atoms with van der Waals surface area (Å²) in [7, 11) is 0. The third-order valence-electron chi connectivity index (χ3n) is 3.20. The van der Waals surface area contributed by atoms with Crippen LogP contribution in [0.3, 0.4) is 0 Å². The van der Waals surface area contributed by atoms with Crippen molar-refractivity contribution in [3.63, 3.8) is 0 Å². The van der Waals surface area contributed by atoms with E-state index in [1.807, 2.05) is 16.9 Å². The fourth-order valence-corrected chi connectivity index (χ4v) is 3.27. The summed E-state index contributed by atoms with van der Waals surface area (Å²) >= 11 is 1.27. The van der Waals surface area contributed by atoms with Gasteiger partial charge in [0.05, 0.1) is 12.3 Å². The molecule has 0 aliphatic carbocycles. The average molecular weight is 367 g/mol. The van der Waals surface area contributed by atoms with Crippen LogP contribution in [0.2, 0.25) is 0 Å². The van der Waals surface area contributed by atoms with Gasteiger partial charge >= 0.3 is 12.1 Å². The number of hydrogen-bond acceptors (Lipinski definition) is 7. The average Bonchev–Trinajstić information content (AvgIpc) is 3.07. The zero-order chi connectivity index (χ0) is 18.6. The molecule has 2 aromatic heterocycles. The van der Waals surface area contributed by atoms with E-state index in [1.54, 1.807) is 13.0 Å². The molecular weight excluding hydrogens is 346 g/mol. The Labute approximate surface area is 149 Å². The SMILES string of the molecule is CCOC(=O)NC(=O)COC(=O)c1cc2c(C)nn(CC(C)C)c2s1. The van der Waals surface area contributed by atoms with Crippen LogP contribution in [0.1, 0.15) is 36.1 Å². The van der Waals surface area contributed by atoms with Gasteiger partial charge in [0.15, 0.2) is 6.61 Å². The number of alkyl carbamates (subject to hydrolysis) is 1. The quantitative estimate of drug-likeness (QED) is 0.788. The van der Waals surface area contributed by atoms with Gasteiger partial charge in [-0.05, 0) is 25.8 Å². The number of esters is 1. The van der Waals surface area contributed by atoms with Crippen LogP contribution in [0.25, 0.3) is 10.2 Å². The molecule has 0 aliphatic heterocycles. The topological polar surface area (TPSA) is 99.5 Å². The number of ether oxygens (including phenoxy) is 2. The van der Waals surface area contributed by atoms with Crippen molar-refractivity contribution in [2.24, 2.45) is 5.92 Å². The van der Waals surface area contributed by atoms with Crippen molar-refractivity contribution in [2.45, 2.75) is 34.2 Å². The Morgan fingerprint density at radius 3 is 2.68 bits per heavy atom. The van der Waals surface area contributed by atoms with E-state index in [0.717, 1.165) is 22.5 Å². The second-order valence-corrected chi connectivity index (χ2v) is 6.87. The van der Waals surface area contributed by atoms with Gasteiger partial charge in [-0.15, -0.1) is 11.3 Å². The Morgan fingerprint density at radius 1 is 1.32 bits per heavy atom. The van der Waals surface area contributed by atoms with Crippen molar-refractivity contribution in [1.82, 2.24) is 15.1 Å². The second kappa shape index (κ2) is 8.11. The highest BCUT2D eigenvalue weighted by atomic mass is 32.1. The fraction of sp³-hybridized carbons (Fsp3) is 0.500. The van der Waals surface area contributed by atoms with Crippen LogP contribution in [0.5, 0.6) is 0 Å². The highest BCUT2D eigenvalue weighted by molar-refractivity contribution is 7.20. The van der Waals surface area contributed by atoms with Crippen LogP contribution >= 0.6 is 11.3 Å². The van der Waals surface area contributed by atoms with Gasteiger partial charge in [0.25, 0.3) is 5.91 Å². The molecule has 0 fully saturated rings.